The van der Waals surface area contributed by atoms with Gasteiger partial charge in [-0.3, -0.25) is 9.69 Å². The normalized spacial score (nSPS) is 11.7. The topological polar surface area (TPSA) is 75.9 Å². The average Bonchev–Trinajstić information content (AvgIpc) is 2.93. The molecule has 0 unspecified atom stereocenters. The number of carbonyl (C=O) groups is 1. The number of hydrogen-bond acceptors (Lipinski definition) is 5. The highest BCUT2D eigenvalue weighted by Crippen LogP contribution is 2.09. The molecule has 1 aromatic carbocycles. The zero-order valence-corrected chi connectivity index (χ0v) is 14.2. The third kappa shape index (κ3) is 5.14. The Labute approximate surface area is 136 Å². The van der Waals surface area contributed by atoms with Gasteiger partial charge in [0.15, 0.2) is 5.82 Å². The summed E-state index contributed by atoms with van der Waals surface area (Å²) >= 11 is 0. The minimum absolute atomic E-state index is 0.00177. The number of hydrogen-bond donors (Lipinski definition) is 1. The van der Waals surface area contributed by atoms with Crippen molar-refractivity contribution >= 4 is 5.91 Å². The number of benzene rings is 1. The Morgan fingerprint density at radius 1 is 1.26 bits per heavy atom. The van der Waals surface area contributed by atoms with E-state index >= 15 is 0 Å². The van der Waals surface area contributed by atoms with Gasteiger partial charge in [0.2, 0.25) is 5.91 Å². The van der Waals surface area contributed by atoms with E-state index in [0.717, 1.165) is 12.2 Å². The molecule has 0 atom stereocenters. The number of amides is 1. The summed E-state index contributed by atoms with van der Waals surface area (Å²) in [5.74, 6) is 0.708. The molecule has 0 radical (unpaired) electrons. The lowest BCUT2D eigenvalue weighted by molar-refractivity contribution is -0.123. The molecule has 7 nitrogen and oxygen atoms in total. The zero-order chi connectivity index (χ0) is 16.9. The van der Waals surface area contributed by atoms with Crippen molar-refractivity contribution in [2.24, 2.45) is 0 Å². The van der Waals surface area contributed by atoms with Crippen LogP contribution in [0.3, 0.4) is 0 Å². The summed E-state index contributed by atoms with van der Waals surface area (Å²) in [6.45, 7) is 9.48. The van der Waals surface area contributed by atoms with Gasteiger partial charge in [-0.1, -0.05) is 25.1 Å². The molecule has 2 aromatic rings. The lowest BCUT2D eigenvalue weighted by Gasteiger charge is -2.24. The van der Waals surface area contributed by atoms with E-state index in [1.165, 1.54) is 0 Å². The first-order valence-corrected chi connectivity index (χ1v) is 7.75. The second-order valence-electron chi connectivity index (χ2n) is 6.44. The highest BCUT2D eigenvalue weighted by Gasteiger charge is 2.18. The SMILES string of the molecule is CCN(CC(=O)NC(C)(C)C)Cc1nnnn1-c1ccccc1. The fourth-order valence-electron chi connectivity index (χ4n) is 2.21. The van der Waals surface area contributed by atoms with Crippen LogP contribution in [0.15, 0.2) is 30.3 Å². The van der Waals surface area contributed by atoms with Gasteiger partial charge in [0, 0.05) is 5.54 Å². The first-order chi connectivity index (χ1) is 10.9. The highest BCUT2D eigenvalue weighted by atomic mass is 16.2. The van der Waals surface area contributed by atoms with Crippen molar-refractivity contribution in [2.45, 2.75) is 39.8 Å². The molecular weight excluding hydrogens is 292 g/mol. The molecule has 1 amide bonds. The van der Waals surface area contributed by atoms with Crippen molar-refractivity contribution in [3.05, 3.63) is 36.2 Å². The smallest absolute Gasteiger partial charge is 0.234 e. The Morgan fingerprint density at radius 2 is 1.96 bits per heavy atom. The molecule has 0 aliphatic carbocycles. The predicted octanol–water partition coefficient (Wildman–Crippen LogP) is 1.40. The standard InChI is InChI=1S/C16H24N6O/c1-5-21(12-15(23)17-16(2,3)4)11-14-18-19-20-22(14)13-9-7-6-8-10-13/h6-10H,5,11-12H2,1-4H3,(H,17,23). The lowest BCUT2D eigenvalue weighted by atomic mass is 10.1. The maximum absolute atomic E-state index is 12.1. The summed E-state index contributed by atoms with van der Waals surface area (Å²) in [5.41, 5.74) is 0.671. The molecule has 124 valence electrons. The second-order valence-corrected chi connectivity index (χ2v) is 6.44. The third-order valence-electron chi connectivity index (χ3n) is 3.23. The Bertz CT molecular complexity index is 632. The number of nitrogens with one attached hydrogen (secondary N) is 1. The molecule has 7 heteroatoms. The first-order valence-electron chi connectivity index (χ1n) is 7.75. The zero-order valence-electron chi connectivity index (χ0n) is 14.2. The van der Waals surface area contributed by atoms with Gasteiger partial charge in [-0.2, -0.15) is 4.68 Å². The molecule has 0 saturated heterocycles. The Morgan fingerprint density at radius 3 is 2.57 bits per heavy atom. The van der Waals surface area contributed by atoms with E-state index in [9.17, 15) is 4.79 Å². The van der Waals surface area contributed by atoms with Crippen molar-refractivity contribution < 1.29 is 4.79 Å². The maximum Gasteiger partial charge on any atom is 0.234 e. The molecule has 0 saturated carbocycles. The van der Waals surface area contributed by atoms with Crippen molar-refractivity contribution in [1.29, 1.82) is 0 Å². The molecule has 0 bridgehead atoms. The van der Waals surface area contributed by atoms with Crippen LogP contribution in [0.2, 0.25) is 0 Å². The van der Waals surface area contributed by atoms with Gasteiger partial charge in [-0.15, -0.1) is 5.10 Å². The van der Waals surface area contributed by atoms with Gasteiger partial charge >= 0.3 is 0 Å². The van der Waals surface area contributed by atoms with Gasteiger partial charge in [-0.25, -0.2) is 0 Å². The molecule has 1 N–H and O–H groups in total. The lowest BCUT2D eigenvalue weighted by Crippen LogP contribution is -2.45. The molecule has 2 rings (SSSR count). The largest absolute Gasteiger partial charge is 0.350 e. The van der Waals surface area contributed by atoms with E-state index in [2.05, 4.69) is 20.8 Å². The molecule has 0 spiro atoms. The molecular formula is C16H24N6O. The number of para-hydroxylation sites is 1. The van der Waals surface area contributed by atoms with E-state index in [0.29, 0.717) is 18.9 Å². The summed E-state index contributed by atoms with van der Waals surface area (Å²) in [4.78, 5) is 14.1. The number of carbonyl (C=O) groups excluding carboxylic acids is 1. The molecule has 0 aliphatic heterocycles. The van der Waals surface area contributed by atoms with Crippen molar-refractivity contribution in [2.75, 3.05) is 13.1 Å². The number of likely N-dealkylation sites (N-methyl/N-ethyl adjacent to an activating group) is 1. The Hall–Kier alpha value is -2.28. The summed E-state index contributed by atoms with van der Waals surface area (Å²) in [7, 11) is 0. The van der Waals surface area contributed by atoms with Gasteiger partial charge in [0.25, 0.3) is 0 Å². The van der Waals surface area contributed by atoms with E-state index < -0.39 is 0 Å². The number of tetrazole rings is 1. The monoisotopic (exact) mass is 316 g/mol. The van der Waals surface area contributed by atoms with Crippen LogP contribution in [0, 0.1) is 0 Å². The van der Waals surface area contributed by atoms with Gasteiger partial charge in [0.1, 0.15) is 0 Å². The van der Waals surface area contributed by atoms with Crippen LogP contribution < -0.4 is 5.32 Å². The first kappa shape index (κ1) is 17.1. The second kappa shape index (κ2) is 7.32. The minimum atomic E-state index is -0.234. The third-order valence-corrected chi connectivity index (χ3v) is 3.23. The Kier molecular flexibility index (Phi) is 5.44. The minimum Gasteiger partial charge on any atom is -0.350 e. The van der Waals surface area contributed by atoms with Crippen LogP contribution in [-0.2, 0) is 11.3 Å². The van der Waals surface area contributed by atoms with Crippen molar-refractivity contribution in [3.8, 4) is 5.69 Å². The molecule has 1 aromatic heterocycles. The number of aromatic nitrogens is 4. The molecule has 1 heterocycles. The van der Waals surface area contributed by atoms with E-state index in [1.54, 1.807) is 4.68 Å². The van der Waals surface area contributed by atoms with Crippen LogP contribution in [0.5, 0.6) is 0 Å². The quantitative estimate of drug-likeness (QED) is 0.872. The number of rotatable bonds is 6. The molecule has 0 fully saturated rings. The van der Waals surface area contributed by atoms with Crippen LogP contribution in [-0.4, -0.2) is 49.6 Å². The van der Waals surface area contributed by atoms with Gasteiger partial charge in [0.05, 0.1) is 18.8 Å². The fraction of sp³-hybridized carbons (Fsp3) is 0.500. The Balaban J connectivity index is 2.06. The molecule has 23 heavy (non-hydrogen) atoms. The predicted molar refractivity (Wildman–Crippen MR) is 88.0 cm³/mol. The van der Waals surface area contributed by atoms with Crippen LogP contribution in [0.25, 0.3) is 5.69 Å². The summed E-state index contributed by atoms with van der Waals surface area (Å²) < 4.78 is 1.70. The van der Waals surface area contributed by atoms with Gasteiger partial charge < -0.3 is 5.32 Å². The average molecular weight is 316 g/mol. The van der Waals surface area contributed by atoms with Crippen LogP contribution in [0.1, 0.15) is 33.5 Å². The van der Waals surface area contributed by atoms with Gasteiger partial charge in [-0.05, 0) is 49.9 Å². The van der Waals surface area contributed by atoms with Crippen molar-refractivity contribution in [1.82, 2.24) is 30.4 Å². The van der Waals surface area contributed by atoms with Crippen LogP contribution in [0.4, 0.5) is 0 Å². The summed E-state index contributed by atoms with van der Waals surface area (Å²) in [6.07, 6.45) is 0. The molecule has 0 aliphatic rings. The maximum atomic E-state index is 12.1. The highest BCUT2D eigenvalue weighted by molar-refractivity contribution is 5.78. The fourth-order valence-corrected chi connectivity index (χ4v) is 2.21. The van der Waals surface area contributed by atoms with Crippen molar-refractivity contribution in [3.63, 3.8) is 0 Å². The summed E-state index contributed by atoms with van der Waals surface area (Å²) in [5, 5.41) is 14.9. The van der Waals surface area contributed by atoms with E-state index in [1.807, 2.05) is 62.9 Å². The van der Waals surface area contributed by atoms with E-state index in [-0.39, 0.29) is 11.4 Å². The number of nitrogens with zero attached hydrogens (tertiary/aromatic N) is 5. The summed E-state index contributed by atoms with van der Waals surface area (Å²) in [6, 6.07) is 9.72. The van der Waals surface area contributed by atoms with Crippen LogP contribution >= 0.6 is 0 Å². The van der Waals surface area contributed by atoms with E-state index in [4.69, 9.17) is 0 Å².